The molecule has 2 aliphatic rings. The Morgan fingerprint density at radius 2 is 1.94 bits per heavy atom. The van der Waals surface area contributed by atoms with Crippen molar-refractivity contribution in [2.45, 2.75) is 25.3 Å². The van der Waals surface area contributed by atoms with E-state index in [2.05, 4.69) is 20.9 Å². The SMILES string of the molecule is COc1ccc(Nc2nc(C(=O)N3CCN(CC(=O)NC4CCCCNC4=O)CC3)cs2)cc1. The third-order valence-corrected chi connectivity index (χ3v) is 6.72. The molecule has 2 saturated heterocycles. The second kappa shape index (κ2) is 11.3. The van der Waals surface area contributed by atoms with Gasteiger partial charge in [0.25, 0.3) is 5.91 Å². The van der Waals surface area contributed by atoms with E-state index in [4.69, 9.17) is 4.74 Å². The molecule has 0 aliphatic carbocycles. The number of hydrogen-bond donors (Lipinski definition) is 3. The molecule has 3 amide bonds. The van der Waals surface area contributed by atoms with Gasteiger partial charge in [-0.15, -0.1) is 11.3 Å². The minimum absolute atomic E-state index is 0.106. The van der Waals surface area contributed by atoms with E-state index in [1.165, 1.54) is 11.3 Å². The van der Waals surface area contributed by atoms with Crippen LogP contribution in [0.2, 0.25) is 0 Å². The Hall–Kier alpha value is -3.18. The van der Waals surface area contributed by atoms with E-state index in [9.17, 15) is 14.4 Å². The van der Waals surface area contributed by atoms with Crippen molar-refractivity contribution in [2.75, 3.05) is 51.7 Å². The zero-order valence-corrected chi connectivity index (χ0v) is 20.0. The predicted molar refractivity (Wildman–Crippen MR) is 130 cm³/mol. The summed E-state index contributed by atoms with van der Waals surface area (Å²) in [4.78, 5) is 45.6. The number of nitrogens with one attached hydrogen (secondary N) is 3. The zero-order chi connectivity index (χ0) is 23.9. The number of carbonyl (C=O) groups is 3. The number of piperazine rings is 1. The molecule has 182 valence electrons. The largest absolute Gasteiger partial charge is 0.497 e. The van der Waals surface area contributed by atoms with E-state index in [0.717, 1.165) is 24.3 Å². The first-order chi connectivity index (χ1) is 16.5. The minimum Gasteiger partial charge on any atom is -0.497 e. The van der Waals surface area contributed by atoms with Gasteiger partial charge >= 0.3 is 0 Å². The summed E-state index contributed by atoms with van der Waals surface area (Å²) in [6, 6.07) is 7.03. The molecule has 34 heavy (non-hydrogen) atoms. The predicted octanol–water partition coefficient (Wildman–Crippen LogP) is 1.44. The van der Waals surface area contributed by atoms with Gasteiger partial charge in [0.1, 0.15) is 17.5 Å². The fourth-order valence-electron chi connectivity index (χ4n) is 4.02. The van der Waals surface area contributed by atoms with E-state index in [0.29, 0.717) is 50.0 Å². The number of carbonyl (C=O) groups excluding carboxylic acids is 3. The maximum Gasteiger partial charge on any atom is 0.273 e. The van der Waals surface area contributed by atoms with Crippen LogP contribution in [0.5, 0.6) is 5.75 Å². The van der Waals surface area contributed by atoms with E-state index in [1.54, 1.807) is 17.4 Å². The average Bonchev–Trinajstić information content (AvgIpc) is 3.22. The highest BCUT2D eigenvalue weighted by molar-refractivity contribution is 7.14. The first-order valence-corrected chi connectivity index (χ1v) is 12.3. The lowest BCUT2D eigenvalue weighted by Gasteiger charge is -2.34. The highest BCUT2D eigenvalue weighted by Crippen LogP contribution is 2.23. The molecule has 0 bridgehead atoms. The summed E-state index contributed by atoms with van der Waals surface area (Å²) in [6.45, 7) is 3.12. The van der Waals surface area contributed by atoms with Crippen molar-refractivity contribution in [1.29, 1.82) is 0 Å². The van der Waals surface area contributed by atoms with Crippen molar-refractivity contribution in [3.05, 3.63) is 35.3 Å². The standard InChI is InChI=1S/C23H30N6O4S/c1-33-17-7-5-16(6-8-17)25-23-27-19(15-34-23)22(32)29-12-10-28(11-13-29)14-20(30)26-18-4-2-3-9-24-21(18)31/h5-8,15,18H,2-4,9-14H2,1H3,(H,24,31)(H,25,27)(H,26,30). The number of amides is 3. The molecule has 4 rings (SSSR count). The zero-order valence-electron chi connectivity index (χ0n) is 19.2. The lowest BCUT2D eigenvalue weighted by atomic mass is 10.1. The van der Waals surface area contributed by atoms with Gasteiger partial charge in [0, 0.05) is 43.8 Å². The van der Waals surface area contributed by atoms with Gasteiger partial charge in [-0.25, -0.2) is 4.98 Å². The molecule has 0 saturated carbocycles. The van der Waals surface area contributed by atoms with Gasteiger partial charge in [-0.05, 0) is 43.5 Å². The fourth-order valence-corrected chi connectivity index (χ4v) is 4.72. The van der Waals surface area contributed by atoms with Crippen LogP contribution >= 0.6 is 11.3 Å². The van der Waals surface area contributed by atoms with Crippen LogP contribution in [0.15, 0.2) is 29.6 Å². The molecule has 0 spiro atoms. The van der Waals surface area contributed by atoms with Gasteiger partial charge in [0.15, 0.2) is 5.13 Å². The quantitative estimate of drug-likeness (QED) is 0.542. The van der Waals surface area contributed by atoms with E-state index in [1.807, 2.05) is 29.2 Å². The topological polar surface area (TPSA) is 116 Å². The maximum absolute atomic E-state index is 12.9. The van der Waals surface area contributed by atoms with Gasteiger partial charge in [-0.1, -0.05) is 0 Å². The van der Waals surface area contributed by atoms with Crippen LogP contribution in [0.25, 0.3) is 0 Å². The molecule has 3 N–H and O–H groups in total. The van der Waals surface area contributed by atoms with Gasteiger partial charge in [-0.2, -0.15) is 0 Å². The first kappa shape index (κ1) is 24.0. The number of hydrogen-bond acceptors (Lipinski definition) is 8. The minimum atomic E-state index is -0.455. The van der Waals surface area contributed by atoms with Gasteiger partial charge < -0.3 is 25.6 Å². The Bertz CT molecular complexity index is 1000. The van der Waals surface area contributed by atoms with Crippen molar-refractivity contribution in [3.8, 4) is 5.75 Å². The molecule has 1 aromatic carbocycles. The van der Waals surface area contributed by atoms with Crippen molar-refractivity contribution >= 4 is 39.9 Å². The molecular formula is C23H30N6O4S. The molecule has 11 heteroatoms. The highest BCUT2D eigenvalue weighted by atomic mass is 32.1. The molecule has 1 atom stereocenters. The van der Waals surface area contributed by atoms with Gasteiger partial charge in [0.2, 0.25) is 11.8 Å². The number of anilines is 2. The van der Waals surface area contributed by atoms with Crippen LogP contribution in [0, 0.1) is 0 Å². The van der Waals surface area contributed by atoms with Crippen molar-refractivity contribution in [2.24, 2.45) is 0 Å². The van der Waals surface area contributed by atoms with Crippen molar-refractivity contribution in [1.82, 2.24) is 25.4 Å². The Balaban J connectivity index is 1.23. The third-order valence-electron chi connectivity index (χ3n) is 5.96. The number of aromatic nitrogens is 1. The van der Waals surface area contributed by atoms with Gasteiger partial charge in [-0.3, -0.25) is 19.3 Å². The summed E-state index contributed by atoms with van der Waals surface area (Å²) in [7, 11) is 1.62. The first-order valence-electron chi connectivity index (χ1n) is 11.5. The summed E-state index contributed by atoms with van der Waals surface area (Å²) < 4.78 is 5.16. The summed E-state index contributed by atoms with van der Waals surface area (Å²) >= 11 is 1.38. The Morgan fingerprint density at radius 3 is 2.68 bits per heavy atom. The smallest absolute Gasteiger partial charge is 0.273 e. The molecule has 10 nitrogen and oxygen atoms in total. The number of methoxy groups -OCH3 is 1. The van der Waals surface area contributed by atoms with Crippen LogP contribution in [0.4, 0.5) is 10.8 Å². The molecule has 1 aromatic heterocycles. The molecule has 0 radical (unpaired) electrons. The Labute approximate surface area is 202 Å². The van der Waals surface area contributed by atoms with E-state index >= 15 is 0 Å². The van der Waals surface area contributed by atoms with Crippen LogP contribution in [0.3, 0.4) is 0 Å². The lowest BCUT2D eigenvalue weighted by molar-refractivity contribution is -0.129. The molecule has 2 fully saturated rings. The second-order valence-electron chi connectivity index (χ2n) is 8.37. The fraction of sp³-hybridized carbons (Fsp3) is 0.478. The molecule has 1 unspecified atom stereocenters. The van der Waals surface area contributed by atoms with Crippen LogP contribution in [-0.2, 0) is 9.59 Å². The van der Waals surface area contributed by atoms with Crippen LogP contribution in [0.1, 0.15) is 29.8 Å². The monoisotopic (exact) mass is 486 g/mol. The number of ether oxygens (including phenoxy) is 1. The third kappa shape index (κ3) is 6.23. The van der Waals surface area contributed by atoms with Crippen molar-refractivity contribution < 1.29 is 19.1 Å². The number of benzene rings is 1. The average molecular weight is 487 g/mol. The van der Waals surface area contributed by atoms with Crippen molar-refractivity contribution in [3.63, 3.8) is 0 Å². The molecule has 2 aromatic rings. The number of rotatable bonds is 7. The Kier molecular flexibility index (Phi) is 7.96. The summed E-state index contributed by atoms with van der Waals surface area (Å²) in [5.41, 5.74) is 1.27. The lowest BCUT2D eigenvalue weighted by Crippen LogP contribution is -2.53. The normalized spacial score (nSPS) is 19.1. The van der Waals surface area contributed by atoms with Crippen LogP contribution in [-0.4, -0.2) is 84.9 Å². The summed E-state index contributed by atoms with van der Waals surface area (Å²) in [5, 5.41) is 11.3. The Morgan fingerprint density at radius 1 is 1.18 bits per heavy atom. The second-order valence-corrected chi connectivity index (χ2v) is 9.22. The number of nitrogens with zero attached hydrogens (tertiary/aromatic N) is 3. The van der Waals surface area contributed by atoms with Gasteiger partial charge in [0.05, 0.1) is 13.7 Å². The summed E-state index contributed by atoms with van der Waals surface area (Å²) in [5.74, 6) is 0.395. The van der Waals surface area contributed by atoms with Crippen LogP contribution < -0.4 is 20.7 Å². The maximum atomic E-state index is 12.9. The molecule has 3 heterocycles. The molecule has 2 aliphatic heterocycles. The van der Waals surface area contributed by atoms with E-state index < -0.39 is 6.04 Å². The summed E-state index contributed by atoms with van der Waals surface area (Å²) in [6.07, 6.45) is 2.52. The molecular weight excluding hydrogens is 456 g/mol. The highest BCUT2D eigenvalue weighted by Gasteiger charge is 2.27. The number of thiazole rings is 1. The van der Waals surface area contributed by atoms with E-state index in [-0.39, 0.29) is 24.3 Å².